The van der Waals surface area contributed by atoms with Gasteiger partial charge in [0.1, 0.15) is 0 Å². The number of rotatable bonds is 2. The Balaban J connectivity index is 2.85. The van der Waals surface area contributed by atoms with Crippen LogP contribution < -0.4 is 0 Å². The number of hydrogen-bond donors (Lipinski definition) is 1. The van der Waals surface area contributed by atoms with Crippen LogP contribution in [-0.4, -0.2) is 16.1 Å². The van der Waals surface area contributed by atoms with Gasteiger partial charge in [0.05, 0.1) is 5.92 Å². The zero-order chi connectivity index (χ0) is 8.27. The fourth-order valence-electron chi connectivity index (χ4n) is 0.795. The Morgan fingerprint density at radius 3 is 2.55 bits per heavy atom. The summed E-state index contributed by atoms with van der Waals surface area (Å²) in [6.07, 6.45) is 3.18. The van der Waals surface area contributed by atoms with Gasteiger partial charge in [-0.3, -0.25) is 9.78 Å². The molecule has 0 aliphatic heterocycles. The van der Waals surface area contributed by atoms with E-state index in [1.165, 1.54) is 0 Å². The predicted octanol–water partition coefficient (Wildman–Crippen LogP) is 1.27. The highest BCUT2D eigenvalue weighted by Gasteiger charge is 2.11. The van der Waals surface area contributed by atoms with Gasteiger partial charge < -0.3 is 5.11 Å². The summed E-state index contributed by atoms with van der Waals surface area (Å²) >= 11 is 0. The molecule has 58 valence electrons. The second-order valence-corrected chi connectivity index (χ2v) is 2.34. The fraction of sp³-hybridized carbons (Fsp3) is 0.250. The second-order valence-electron chi connectivity index (χ2n) is 2.34. The van der Waals surface area contributed by atoms with Crippen LogP contribution in [0.2, 0.25) is 0 Å². The summed E-state index contributed by atoms with van der Waals surface area (Å²) in [6, 6.07) is 3.41. The normalized spacial score (nSPS) is 12.5. The van der Waals surface area contributed by atoms with Crippen LogP contribution in [0.1, 0.15) is 18.4 Å². The minimum Gasteiger partial charge on any atom is -0.481 e. The molecule has 1 heterocycles. The maximum atomic E-state index is 10.5. The van der Waals surface area contributed by atoms with Crippen molar-refractivity contribution in [3.63, 3.8) is 0 Å². The molecule has 3 nitrogen and oxygen atoms in total. The van der Waals surface area contributed by atoms with Crippen LogP contribution in [0, 0.1) is 0 Å². The molecule has 0 saturated carbocycles. The number of carboxylic acids is 1. The molecule has 1 aromatic rings. The maximum absolute atomic E-state index is 10.5. The van der Waals surface area contributed by atoms with Gasteiger partial charge in [-0.25, -0.2) is 0 Å². The Labute approximate surface area is 64.7 Å². The molecule has 0 bridgehead atoms. The molecular weight excluding hydrogens is 142 g/mol. The Morgan fingerprint density at radius 2 is 2.09 bits per heavy atom. The van der Waals surface area contributed by atoms with Crippen LogP contribution in [0.5, 0.6) is 0 Å². The molecule has 0 spiro atoms. The summed E-state index contributed by atoms with van der Waals surface area (Å²) in [6.45, 7) is 1.65. The van der Waals surface area contributed by atoms with E-state index in [0.29, 0.717) is 0 Å². The maximum Gasteiger partial charge on any atom is 0.310 e. The summed E-state index contributed by atoms with van der Waals surface area (Å²) in [5, 5.41) is 8.62. The van der Waals surface area contributed by atoms with Gasteiger partial charge in [-0.15, -0.1) is 0 Å². The van der Waals surface area contributed by atoms with Crippen LogP contribution in [-0.2, 0) is 4.79 Å². The largest absolute Gasteiger partial charge is 0.481 e. The lowest BCUT2D eigenvalue weighted by atomic mass is 10.0. The monoisotopic (exact) mass is 151 g/mol. The number of hydrogen-bond acceptors (Lipinski definition) is 2. The third kappa shape index (κ3) is 1.77. The molecule has 1 aromatic heterocycles. The van der Waals surface area contributed by atoms with Crippen molar-refractivity contribution in [3.8, 4) is 0 Å². The van der Waals surface area contributed by atoms with Crippen molar-refractivity contribution in [1.29, 1.82) is 0 Å². The zero-order valence-electron chi connectivity index (χ0n) is 6.19. The van der Waals surface area contributed by atoms with Crippen LogP contribution in [0.25, 0.3) is 0 Å². The van der Waals surface area contributed by atoms with Gasteiger partial charge in [-0.05, 0) is 24.6 Å². The van der Waals surface area contributed by atoms with E-state index >= 15 is 0 Å². The lowest BCUT2D eigenvalue weighted by molar-refractivity contribution is -0.138. The highest BCUT2D eigenvalue weighted by atomic mass is 16.4. The number of nitrogens with zero attached hydrogens (tertiary/aromatic N) is 1. The van der Waals surface area contributed by atoms with Gasteiger partial charge >= 0.3 is 5.97 Å². The third-order valence-electron chi connectivity index (χ3n) is 1.58. The second kappa shape index (κ2) is 3.14. The van der Waals surface area contributed by atoms with E-state index in [0.717, 1.165) is 5.56 Å². The molecule has 11 heavy (non-hydrogen) atoms. The van der Waals surface area contributed by atoms with Crippen LogP contribution in [0.4, 0.5) is 0 Å². The molecule has 0 aliphatic rings. The van der Waals surface area contributed by atoms with Crippen molar-refractivity contribution in [2.75, 3.05) is 0 Å². The van der Waals surface area contributed by atoms with Crippen molar-refractivity contribution in [2.45, 2.75) is 12.8 Å². The van der Waals surface area contributed by atoms with Crippen molar-refractivity contribution in [1.82, 2.24) is 4.98 Å². The van der Waals surface area contributed by atoms with Gasteiger partial charge in [0.2, 0.25) is 0 Å². The number of aliphatic carboxylic acids is 1. The van der Waals surface area contributed by atoms with Crippen molar-refractivity contribution in [3.05, 3.63) is 30.1 Å². The smallest absolute Gasteiger partial charge is 0.310 e. The summed E-state index contributed by atoms with van der Waals surface area (Å²) in [7, 11) is 0. The molecule has 0 radical (unpaired) electrons. The molecule has 0 amide bonds. The Hall–Kier alpha value is -1.38. The molecule has 0 unspecified atom stereocenters. The average molecular weight is 151 g/mol. The van der Waals surface area contributed by atoms with Crippen LogP contribution in [0.15, 0.2) is 24.5 Å². The van der Waals surface area contributed by atoms with E-state index in [1.807, 2.05) is 0 Å². The van der Waals surface area contributed by atoms with Gasteiger partial charge in [0, 0.05) is 12.4 Å². The highest BCUT2D eigenvalue weighted by molar-refractivity contribution is 5.75. The minimum atomic E-state index is -0.809. The molecule has 0 saturated heterocycles. The highest BCUT2D eigenvalue weighted by Crippen LogP contribution is 2.12. The first-order valence-corrected chi connectivity index (χ1v) is 3.34. The molecule has 1 N–H and O–H groups in total. The Bertz CT molecular complexity index is 246. The summed E-state index contributed by atoms with van der Waals surface area (Å²) < 4.78 is 0. The van der Waals surface area contributed by atoms with Crippen molar-refractivity contribution in [2.24, 2.45) is 0 Å². The SMILES string of the molecule is C[C@@H](C(=O)O)c1ccncc1. The average Bonchev–Trinajstić information content (AvgIpc) is 2.05. The fourth-order valence-corrected chi connectivity index (χ4v) is 0.795. The number of carboxylic acid groups (broad SMARTS) is 1. The van der Waals surface area contributed by atoms with Crippen LogP contribution >= 0.6 is 0 Å². The van der Waals surface area contributed by atoms with E-state index in [9.17, 15) is 4.79 Å². The number of carbonyl (C=O) groups is 1. The van der Waals surface area contributed by atoms with E-state index in [2.05, 4.69) is 4.98 Å². The molecule has 1 rings (SSSR count). The molecule has 0 aromatic carbocycles. The summed E-state index contributed by atoms with van der Waals surface area (Å²) in [5.74, 6) is -1.26. The third-order valence-corrected chi connectivity index (χ3v) is 1.58. The molecule has 0 aliphatic carbocycles. The van der Waals surface area contributed by atoms with Crippen molar-refractivity contribution >= 4 is 5.97 Å². The summed E-state index contributed by atoms with van der Waals surface area (Å²) in [4.78, 5) is 14.3. The van der Waals surface area contributed by atoms with Gasteiger partial charge in [0.15, 0.2) is 0 Å². The lowest BCUT2D eigenvalue weighted by Gasteiger charge is -2.03. The van der Waals surface area contributed by atoms with Gasteiger partial charge in [-0.2, -0.15) is 0 Å². The van der Waals surface area contributed by atoms with E-state index in [-0.39, 0.29) is 0 Å². The van der Waals surface area contributed by atoms with Crippen LogP contribution in [0.3, 0.4) is 0 Å². The van der Waals surface area contributed by atoms with E-state index < -0.39 is 11.9 Å². The molecule has 0 fully saturated rings. The summed E-state index contributed by atoms with van der Waals surface area (Å²) in [5.41, 5.74) is 0.785. The van der Waals surface area contributed by atoms with Gasteiger partial charge in [-0.1, -0.05) is 0 Å². The number of aromatic nitrogens is 1. The minimum absolute atomic E-state index is 0.446. The Morgan fingerprint density at radius 1 is 1.55 bits per heavy atom. The molecule has 3 heteroatoms. The van der Waals surface area contributed by atoms with E-state index in [4.69, 9.17) is 5.11 Å². The molecular formula is C8H9NO2. The zero-order valence-corrected chi connectivity index (χ0v) is 6.19. The number of pyridine rings is 1. The first-order chi connectivity index (χ1) is 5.22. The Kier molecular flexibility index (Phi) is 2.21. The lowest BCUT2D eigenvalue weighted by Crippen LogP contribution is -2.06. The topological polar surface area (TPSA) is 50.2 Å². The predicted molar refractivity (Wildman–Crippen MR) is 40.3 cm³/mol. The standard InChI is InChI=1S/C8H9NO2/c1-6(8(10)11)7-2-4-9-5-3-7/h2-6H,1H3,(H,10,11)/t6-/m1/s1. The van der Waals surface area contributed by atoms with Crippen molar-refractivity contribution < 1.29 is 9.90 Å². The quantitative estimate of drug-likeness (QED) is 0.692. The first-order valence-electron chi connectivity index (χ1n) is 3.34. The van der Waals surface area contributed by atoms with E-state index in [1.54, 1.807) is 31.5 Å². The molecule has 1 atom stereocenters. The van der Waals surface area contributed by atoms with Gasteiger partial charge in [0.25, 0.3) is 0 Å². The first kappa shape index (κ1) is 7.72.